The molecule has 0 saturated carbocycles. The Kier molecular flexibility index (Phi) is 13.1. The van der Waals surface area contributed by atoms with Crippen LogP contribution in [0.15, 0.2) is 77.8 Å². The van der Waals surface area contributed by atoms with E-state index in [1.165, 1.54) is 18.3 Å². The first-order valence-corrected chi connectivity index (χ1v) is 15.5. The van der Waals surface area contributed by atoms with E-state index in [1.807, 2.05) is 30.3 Å². The number of nitrogens with two attached hydrogens (primary N) is 1. The molecule has 5 N–H and O–H groups in total. The van der Waals surface area contributed by atoms with Gasteiger partial charge >= 0.3 is 0 Å². The Morgan fingerprint density at radius 3 is 2.36 bits per heavy atom. The number of hydrogen-bond acceptors (Lipinski definition) is 8. The maximum atomic E-state index is 14.1. The van der Waals surface area contributed by atoms with Crippen LogP contribution in [0.1, 0.15) is 33.7 Å². The lowest BCUT2D eigenvalue weighted by atomic mass is 10.2. The number of hydrazine groups is 1. The molecule has 14 heteroatoms. The Morgan fingerprint density at radius 2 is 1.66 bits per heavy atom. The van der Waals surface area contributed by atoms with E-state index in [0.717, 1.165) is 5.56 Å². The summed E-state index contributed by atoms with van der Waals surface area (Å²) in [5, 5.41) is 5.48. The largest absolute Gasteiger partial charge is 0.491 e. The number of carbonyl (C=O) groups excluding carboxylic acids is 2. The zero-order chi connectivity index (χ0) is 33.6. The van der Waals surface area contributed by atoms with E-state index >= 15 is 0 Å². The molecular weight excluding hydrogens is 636 g/mol. The van der Waals surface area contributed by atoms with Gasteiger partial charge in [0.25, 0.3) is 5.91 Å². The molecule has 0 unspecified atom stereocenters. The Balaban J connectivity index is 1.33. The minimum Gasteiger partial charge on any atom is -0.491 e. The van der Waals surface area contributed by atoms with Gasteiger partial charge < -0.3 is 20.8 Å². The Labute approximate surface area is 273 Å². The van der Waals surface area contributed by atoms with Crippen molar-refractivity contribution in [3.8, 4) is 5.75 Å². The van der Waals surface area contributed by atoms with Crippen molar-refractivity contribution in [2.24, 2.45) is 5.84 Å². The molecule has 2 aromatic carbocycles. The summed E-state index contributed by atoms with van der Waals surface area (Å²) in [4.78, 5) is 32.5. The van der Waals surface area contributed by atoms with Crippen molar-refractivity contribution in [3.05, 3.63) is 119 Å². The van der Waals surface area contributed by atoms with Gasteiger partial charge in [-0.25, -0.2) is 33.4 Å². The minimum absolute atomic E-state index is 0.0743. The van der Waals surface area contributed by atoms with Crippen molar-refractivity contribution in [3.63, 3.8) is 0 Å². The van der Waals surface area contributed by atoms with Crippen molar-refractivity contribution in [2.75, 3.05) is 30.9 Å². The summed E-state index contributed by atoms with van der Waals surface area (Å²) in [6, 6.07) is 16.4. The molecule has 246 valence electrons. The highest BCUT2D eigenvalue weighted by Gasteiger charge is 2.19. The second kappa shape index (κ2) is 17.7. The normalized spacial score (nSPS) is 11.0. The van der Waals surface area contributed by atoms with Crippen LogP contribution in [0.4, 0.5) is 23.4 Å². The number of ether oxygens (including phenoxy) is 1. The zero-order valence-electron chi connectivity index (χ0n) is 25.1. The zero-order valence-corrected chi connectivity index (χ0v) is 25.9. The number of amides is 2. The van der Waals surface area contributed by atoms with Crippen molar-refractivity contribution in [1.29, 1.82) is 0 Å². The van der Waals surface area contributed by atoms with Gasteiger partial charge in [-0.15, -0.1) is 11.8 Å². The molecule has 4 rings (SSSR count). The fourth-order valence-electron chi connectivity index (χ4n) is 4.18. The molecule has 0 aliphatic heterocycles. The summed E-state index contributed by atoms with van der Waals surface area (Å²) in [6.45, 7) is 0.945. The van der Waals surface area contributed by atoms with Crippen molar-refractivity contribution < 1.29 is 31.9 Å². The van der Waals surface area contributed by atoms with Crippen LogP contribution in [-0.4, -0.2) is 47.2 Å². The second-order valence-corrected chi connectivity index (χ2v) is 11.1. The van der Waals surface area contributed by atoms with Gasteiger partial charge in [0.05, 0.1) is 17.1 Å². The number of aryl methyl sites for hydroxylation is 1. The molecular formula is C33H32F4N6O3S. The maximum absolute atomic E-state index is 14.1. The molecule has 2 amide bonds. The Bertz CT molecular complexity index is 1670. The molecule has 0 saturated heterocycles. The standard InChI is InChI=1S/C33H32F4N6O3S/c34-24-19-25(35)31(37)32(30(24)36)47-18-14-23-8-10-27(46-17-13-21-5-2-1-3-6-21)26(42-23)9-12-29(44)39-15-4-16-40-33(45)22-7-11-28(43-38)41-20-22/h1-3,5-12,19-20H,4,13-18,38H2,(H,39,44)(H,40,45)(H,41,43). The van der Waals surface area contributed by atoms with E-state index in [1.54, 1.807) is 24.3 Å². The maximum Gasteiger partial charge on any atom is 0.252 e. The molecule has 0 fully saturated rings. The van der Waals surface area contributed by atoms with Crippen LogP contribution in [0.3, 0.4) is 0 Å². The van der Waals surface area contributed by atoms with E-state index in [4.69, 9.17) is 10.6 Å². The molecule has 0 bridgehead atoms. The van der Waals surface area contributed by atoms with Crippen LogP contribution in [0.25, 0.3) is 6.08 Å². The van der Waals surface area contributed by atoms with Crippen LogP contribution in [-0.2, 0) is 17.6 Å². The van der Waals surface area contributed by atoms with Gasteiger partial charge in [0, 0.05) is 49.3 Å². The molecule has 0 radical (unpaired) electrons. The summed E-state index contributed by atoms with van der Waals surface area (Å²) in [5.74, 6) is -0.367. The number of hydrogen-bond donors (Lipinski definition) is 4. The van der Waals surface area contributed by atoms with Crippen molar-refractivity contribution >= 4 is 35.5 Å². The number of thioether (sulfide) groups is 1. The number of halogens is 4. The number of anilines is 1. The summed E-state index contributed by atoms with van der Waals surface area (Å²) < 4.78 is 61.2. The first kappa shape index (κ1) is 34.9. The average molecular weight is 669 g/mol. The van der Waals surface area contributed by atoms with Gasteiger partial charge in [0.2, 0.25) is 5.91 Å². The minimum atomic E-state index is -1.47. The molecule has 0 spiro atoms. The Hall–Kier alpha value is -4.95. The number of pyridine rings is 2. The summed E-state index contributed by atoms with van der Waals surface area (Å²) in [7, 11) is 0. The van der Waals surface area contributed by atoms with Crippen molar-refractivity contribution in [1.82, 2.24) is 20.6 Å². The molecule has 2 aromatic heterocycles. The first-order valence-electron chi connectivity index (χ1n) is 14.5. The third-order valence-corrected chi connectivity index (χ3v) is 7.67. The van der Waals surface area contributed by atoms with Gasteiger partial charge in [0.15, 0.2) is 23.3 Å². The SMILES string of the molecule is NNc1ccc(C(=O)NCCCNC(=O)C=Cc2nc(CCSc3c(F)c(F)cc(F)c3F)ccc2OCCc2ccccc2)cn1. The van der Waals surface area contributed by atoms with E-state index in [-0.39, 0.29) is 30.7 Å². The van der Waals surface area contributed by atoms with Gasteiger partial charge in [-0.3, -0.25) is 9.59 Å². The van der Waals surface area contributed by atoms with E-state index in [2.05, 4.69) is 26.0 Å². The summed E-state index contributed by atoms with van der Waals surface area (Å²) in [5.41, 5.74) is 4.68. The number of aromatic nitrogens is 2. The highest BCUT2D eigenvalue weighted by atomic mass is 32.2. The second-order valence-electron chi connectivity index (χ2n) is 9.98. The molecule has 47 heavy (non-hydrogen) atoms. The molecule has 0 aliphatic carbocycles. The quantitative estimate of drug-likeness (QED) is 0.0243. The highest BCUT2D eigenvalue weighted by Crippen LogP contribution is 2.29. The van der Waals surface area contributed by atoms with E-state index in [0.29, 0.717) is 66.3 Å². The molecule has 4 aromatic rings. The van der Waals surface area contributed by atoms with Crippen LogP contribution < -0.4 is 26.6 Å². The number of nitrogens with zero attached hydrogens (tertiary/aromatic N) is 2. The van der Waals surface area contributed by atoms with Gasteiger partial charge in [0.1, 0.15) is 17.3 Å². The first-order chi connectivity index (χ1) is 22.7. The lowest BCUT2D eigenvalue weighted by Crippen LogP contribution is -2.29. The Morgan fingerprint density at radius 1 is 0.915 bits per heavy atom. The predicted octanol–water partition coefficient (Wildman–Crippen LogP) is 5.22. The topological polar surface area (TPSA) is 131 Å². The molecule has 9 nitrogen and oxygen atoms in total. The van der Waals surface area contributed by atoms with Crippen LogP contribution in [0.2, 0.25) is 0 Å². The smallest absolute Gasteiger partial charge is 0.252 e. The van der Waals surface area contributed by atoms with Gasteiger partial charge in [-0.05, 0) is 48.7 Å². The van der Waals surface area contributed by atoms with Crippen LogP contribution >= 0.6 is 11.8 Å². The van der Waals surface area contributed by atoms with Crippen LogP contribution in [0.5, 0.6) is 5.75 Å². The summed E-state index contributed by atoms with van der Waals surface area (Å²) in [6.07, 6.45) is 5.48. The lowest BCUT2D eigenvalue weighted by molar-refractivity contribution is -0.116. The summed E-state index contributed by atoms with van der Waals surface area (Å²) >= 11 is 0.632. The van der Waals surface area contributed by atoms with Gasteiger partial charge in [-0.1, -0.05) is 30.3 Å². The highest BCUT2D eigenvalue weighted by molar-refractivity contribution is 7.99. The van der Waals surface area contributed by atoms with Gasteiger partial charge in [-0.2, -0.15) is 0 Å². The number of rotatable bonds is 16. The fraction of sp³-hybridized carbons (Fsp3) is 0.212. The number of carbonyl (C=O) groups is 2. The predicted molar refractivity (Wildman–Crippen MR) is 172 cm³/mol. The number of nitrogen functional groups attached to an aromatic ring is 1. The third kappa shape index (κ3) is 10.5. The fourth-order valence-corrected chi connectivity index (χ4v) is 5.14. The van der Waals surface area contributed by atoms with E-state index < -0.39 is 34.1 Å². The van der Waals surface area contributed by atoms with Crippen molar-refractivity contribution in [2.45, 2.75) is 24.2 Å². The average Bonchev–Trinajstić information content (AvgIpc) is 3.08. The van der Waals surface area contributed by atoms with E-state index in [9.17, 15) is 27.2 Å². The number of nitrogens with one attached hydrogen (secondary N) is 3. The third-order valence-electron chi connectivity index (χ3n) is 6.62. The molecule has 2 heterocycles. The lowest BCUT2D eigenvalue weighted by Gasteiger charge is -2.11. The van der Waals surface area contributed by atoms with Crippen LogP contribution in [0, 0.1) is 23.3 Å². The molecule has 0 atom stereocenters. The monoisotopic (exact) mass is 668 g/mol. The molecule has 0 aliphatic rings. The number of benzene rings is 2.